The summed E-state index contributed by atoms with van der Waals surface area (Å²) in [5, 5.41) is 2.82. The van der Waals surface area contributed by atoms with Crippen LogP contribution in [-0.2, 0) is 22.6 Å². The van der Waals surface area contributed by atoms with E-state index in [4.69, 9.17) is 18.6 Å². The van der Waals surface area contributed by atoms with Crippen LogP contribution in [0.4, 0.5) is 10.5 Å². The number of hydrogen-bond donors (Lipinski definition) is 1. The van der Waals surface area contributed by atoms with Crippen molar-refractivity contribution >= 4 is 17.6 Å². The Labute approximate surface area is 205 Å². The van der Waals surface area contributed by atoms with Crippen molar-refractivity contribution in [2.24, 2.45) is 0 Å². The molecular formula is C26H31N3O6. The average molecular weight is 482 g/mol. The van der Waals surface area contributed by atoms with Gasteiger partial charge in [0.1, 0.15) is 23.8 Å². The van der Waals surface area contributed by atoms with Crippen LogP contribution in [0.5, 0.6) is 11.5 Å². The average Bonchev–Trinajstić information content (AvgIpc) is 3.39. The maximum absolute atomic E-state index is 13.4. The van der Waals surface area contributed by atoms with Crippen molar-refractivity contribution in [2.45, 2.75) is 13.1 Å². The third-order valence-corrected chi connectivity index (χ3v) is 5.28. The van der Waals surface area contributed by atoms with Crippen molar-refractivity contribution in [3.63, 3.8) is 0 Å². The molecule has 0 spiro atoms. The topological polar surface area (TPSA) is 93.5 Å². The number of hydrogen-bond acceptors (Lipinski definition) is 6. The van der Waals surface area contributed by atoms with Gasteiger partial charge in [-0.2, -0.15) is 0 Å². The first-order valence-electron chi connectivity index (χ1n) is 11.1. The van der Waals surface area contributed by atoms with Crippen LogP contribution in [0, 0.1) is 0 Å². The highest BCUT2D eigenvalue weighted by atomic mass is 16.5. The van der Waals surface area contributed by atoms with E-state index in [0.717, 1.165) is 5.56 Å². The Morgan fingerprint density at radius 3 is 2.20 bits per heavy atom. The fraction of sp³-hybridized carbons (Fsp3) is 0.308. The van der Waals surface area contributed by atoms with Crippen molar-refractivity contribution in [2.75, 3.05) is 46.3 Å². The lowest BCUT2D eigenvalue weighted by atomic mass is 10.2. The summed E-state index contributed by atoms with van der Waals surface area (Å²) < 4.78 is 21.2. The molecule has 1 aromatic heterocycles. The molecule has 3 aromatic rings. The van der Waals surface area contributed by atoms with Gasteiger partial charge in [-0.25, -0.2) is 4.79 Å². The van der Waals surface area contributed by atoms with E-state index in [1.165, 1.54) is 19.1 Å². The molecule has 3 amide bonds. The van der Waals surface area contributed by atoms with Crippen LogP contribution in [0.2, 0.25) is 0 Å². The van der Waals surface area contributed by atoms with E-state index in [-0.39, 0.29) is 32.1 Å². The summed E-state index contributed by atoms with van der Waals surface area (Å²) >= 11 is 0. The molecule has 0 radical (unpaired) electrons. The normalized spacial score (nSPS) is 10.5. The Morgan fingerprint density at radius 2 is 1.60 bits per heavy atom. The zero-order valence-corrected chi connectivity index (χ0v) is 20.2. The molecule has 0 fully saturated rings. The Hall–Kier alpha value is -3.98. The second kappa shape index (κ2) is 13.0. The first-order valence-corrected chi connectivity index (χ1v) is 11.1. The molecule has 0 aliphatic carbocycles. The summed E-state index contributed by atoms with van der Waals surface area (Å²) in [5.41, 5.74) is 1.46. The van der Waals surface area contributed by atoms with Gasteiger partial charge < -0.3 is 33.7 Å². The van der Waals surface area contributed by atoms with Crippen LogP contribution < -0.4 is 14.8 Å². The number of carbonyl (C=O) groups is 2. The Kier molecular flexibility index (Phi) is 9.56. The molecule has 0 saturated heterocycles. The van der Waals surface area contributed by atoms with E-state index in [2.05, 4.69) is 5.32 Å². The molecule has 3 rings (SSSR count). The Balaban J connectivity index is 1.76. The van der Waals surface area contributed by atoms with E-state index >= 15 is 0 Å². The molecule has 186 valence electrons. The summed E-state index contributed by atoms with van der Waals surface area (Å²) in [7, 11) is 4.61. The standard InChI is InChI=1S/C26H31N3O6/c1-32-13-11-28(26(31)27-21-14-23(33-2)16-24(15-21)34-3)19-25(30)29(18-22-10-7-12-35-22)17-20-8-5-4-6-9-20/h4-10,12,14-16H,11,13,17-19H2,1-3H3,(H,27,31). The quantitative estimate of drug-likeness (QED) is 0.420. The lowest BCUT2D eigenvalue weighted by Gasteiger charge is -2.27. The van der Waals surface area contributed by atoms with Crippen molar-refractivity contribution < 1.29 is 28.2 Å². The third kappa shape index (κ3) is 7.79. The highest BCUT2D eigenvalue weighted by Gasteiger charge is 2.23. The minimum absolute atomic E-state index is 0.135. The maximum atomic E-state index is 13.4. The predicted octanol–water partition coefficient (Wildman–Crippen LogP) is 4.01. The van der Waals surface area contributed by atoms with Gasteiger partial charge in [0.15, 0.2) is 0 Å². The molecule has 35 heavy (non-hydrogen) atoms. The Morgan fingerprint density at radius 1 is 0.886 bits per heavy atom. The van der Waals surface area contributed by atoms with Crippen LogP contribution in [0.3, 0.4) is 0 Å². The lowest BCUT2D eigenvalue weighted by molar-refractivity contribution is -0.133. The number of carbonyl (C=O) groups excluding carboxylic acids is 2. The van der Waals surface area contributed by atoms with E-state index in [9.17, 15) is 9.59 Å². The summed E-state index contributed by atoms with van der Waals surface area (Å²) in [6.45, 7) is 1.04. The molecule has 2 aromatic carbocycles. The van der Waals surface area contributed by atoms with Crippen molar-refractivity contribution in [3.8, 4) is 11.5 Å². The van der Waals surface area contributed by atoms with Crippen molar-refractivity contribution in [1.29, 1.82) is 0 Å². The van der Waals surface area contributed by atoms with Crippen LogP contribution in [-0.4, -0.2) is 62.8 Å². The Bertz CT molecular complexity index is 1050. The van der Waals surface area contributed by atoms with E-state index in [1.807, 2.05) is 36.4 Å². The van der Waals surface area contributed by atoms with Gasteiger partial charge in [-0.3, -0.25) is 4.79 Å². The third-order valence-electron chi connectivity index (χ3n) is 5.28. The van der Waals surface area contributed by atoms with Crippen LogP contribution in [0.15, 0.2) is 71.3 Å². The zero-order valence-electron chi connectivity index (χ0n) is 20.2. The molecule has 0 aliphatic rings. The van der Waals surface area contributed by atoms with Crippen molar-refractivity contribution in [3.05, 3.63) is 78.3 Å². The van der Waals surface area contributed by atoms with Gasteiger partial charge in [0, 0.05) is 44.1 Å². The maximum Gasteiger partial charge on any atom is 0.322 e. The number of furan rings is 1. The lowest BCUT2D eigenvalue weighted by Crippen LogP contribution is -2.45. The molecule has 1 N–H and O–H groups in total. The van der Waals surface area contributed by atoms with Gasteiger partial charge in [0.05, 0.1) is 33.6 Å². The number of nitrogens with zero attached hydrogens (tertiary/aromatic N) is 2. The molecule has 0 bridgehead atoms. The summed E-state index contributed by atoms with van der Waals surface area (Å²) in [6.07, 6.45) is 1.57. The fourth-order valence-electron chi connectivity index (χ4n) is 3.43. The number of ether oxygens (including phenoxy) is 3. The van der Waals surface area contributed by atoms with Gasteiger partial charge in [0.25, 0.3) is 0 Å². The highest BCUT2D eigenvalue weighted by molar-refractivity contribution is 5.92. The monoisotopic (exact) mass is 481 g/mol. The number of methoxy groups -OCH3 is 3. The molecule has 1 heterocycles. The van der Waals surface area contributed by atoms with Gasteiger partial charge >= 0.3 is 6.03 Å². The first-order chi connectivity index (χ1) is 17.0. The zero-order chi connectivity index (χ0) is 25.0. The van der Waals surface area contributed by atoms with E-state index < -0.39 is 6.03 Å². The summed E-state index contributed by atoms with van der Waals surface area (Å²) in [5.74, 6) is 1.50. The van der Waals surface area contributed by atoms with Gasteiger partial charge in [-0.15, -0.1) is 0 Å². The minimum atomic E-state index is -0.441. The largest absolute Gasteiger partial charge is 0.497 e. The number of urea groups is 1. The summed E-state index contributed by atoms with van der Waals surface area (Å²) in [6, 6.07) is 17.9. The predicted molar refractivity (Wildman–Crippen MR) is 131 cm³/mol. The van der Waals surface area contributed by atoms with Crippen LogP contribution >= 0.6 is 0 Å². The molecular weight excluding hydrogens is 450 g/mol. The number of anilines is 1. The number of benzene rings is 2. The number of amides is 3. The van der Waals surface area contributed by atoms with E-state index in [1.54, 1.807) is 42.5 Å². The number of rotatable bonds is 12. The molecule has 0 unspecified atom stereocenters. The fourth-order valence-corrected chi connectivity index (χ4v) is 3.43. The van der Waals surface area contributed by atoms with Crippen molar-refractivity contribution in [1.82, 2.24) is 9.80 Å². The first kappa shape index (κ1) is 25.6. The minimum Gasteiger partial charge on any atom is -0.497 e. The van der Waals surface area contributed by atoms with E-state index in [0.29, 0.717) is 29.5 Å². The summed E-state index contributed by atoms with van der Waals surface area (Å²) in [4.78, 5) is 29.6. The van der Waals surface area contributed by atoms with Gasteiger partial charge in [-0.1, -0.05) is 30.3 Å². The van der Waals surface area contributed by atoms with Gasteiger partial charge in [0.2, 0.25) is 5.91 Å². The molecule has 0 saturated carbocycles. The van der Waals surface area contributed by atoms with Crippen LogP contribution in [0.1, 0.15) is 11.3 Å². The smallest absolute Gasteiger partial charge is 0.322 e. The van der Waals surface area contributed by atoms with Gasteiger partial charge in [-0.05, 0) is 17.7 Å². The molecule has 9 nitrogen and oxygen atoms in total. The molecule has 9 heteroatoms. The van der Waals surface area contributed by atoms with Crippen LogP contribution in [0.25, 0.3) is 0 Å². The molecule has 0 aliphatic heterocycles. The second-order valence-corrected chi connectivity index (χ2v) is 7.76. The number of nitrogens with one attached hydrogen (secondary N) is 1. The molecule has 0 atom stereocenters. The SMILES string of the molecule is COCCN(CC(=O)N(Cc1ccccc1)Cc1ccco1)C(=O)Nc1cc(OC)cc(OC)c1. The second-order valence-electron chi connectivity index (χ2n) is 7.76. The highest BCUT2D eigenvalue weighted by Crippen LogP contribution is 2.26.